The topological polar surface area (TPSA) is 103 Å². The van der Waals surface area contributed by atoms with Crippen LogP contribution in [0.4, 0.5) is 5.69 Å². The van der Waals surface area contributed by atoms with Gasteiger partial charge in [-0.2, -0.15) is 0 Å². The molecule has 1 aliphatic rings. The van der Waals surface area contributed by atoms with Crippen LogP contribution in [0.1, 0.15) is 34.6 Å². The van der Waals surface area contributed by atoms with Crippen LogP contribution in [0, 0.1) is 0 Å². The Bertz CT molecular complexity index is 1810. The van der Waals surface area contributed by atoms with Gasteiger partial charge in [0.2, 0.25) is 5.76 Å². The van der Waals surface area contributed by atoms with Crippen LogP contribution < -0.4 is 24.5 Å². The second-order valence-corrected chi connectivity index (χ2v) is 10.4. The molecule has 1 unspecified atom stereocenters. The number of benzene rings is 2. The number of esters is 2. The van der Waals surface area contributed by atoms with Gasteiger partial charge in [-0.1, -0.05) is 48.3 Å². The summed E-state index contributed by atoms with van der Waals surface area (Å²) in [5, 5.41) is 0. The number of rotatable bonds is 8. The molecule has 0 spiro atoms. The molecule has 2 aromatic heterocycles. The van der Waals surface area contributed by atoms with E-state index in [2.05, 4.69) is 11.6 Å². The first-order valence-corrected chi connectivity index (χ1v) is 13.5. The number of nitrogens with zero attached hydrogens (tertiary/aromatic N) is 3. The summed E-state index contributed by atoms with van der Waals surface area (Å²) in [7, 11) is 3.92. The lowest BCUT2D eigenvalue weighted by atomic mass is 9.96. The molecule has 4 aromatic rings. The van der Waals surface area contributed by atoms with Crippen LogP contribution in [0.15, 0.2) is 105 Å². The largest absolute Gasteiger partial charge is 0.458 e. The zero-order valence-corrected chi connectivity index (χ0v) is 23.5. The fraction of sp³-hybridized carbons (Fsp3) is 0.161. The third kappa shape index (κ3) is 5.68. The summed E-state index contributed by atoms with van der Waals surface area (Å²) < 4.78 is 17.9. The van der Waals surface area contributed by atoms with Gasteiger partial charge in [0, 0.05) is 19.8 Å². The van der Waals surface area contributed by atoms with Crippen molar-refractivity contribution in [2.45, 2.75) is 13.0 Å². The molecule has 0 saturated heterocycles. The maximum atomic E-state index is 13.8. The molecule has 0 bridgehead atoms. The van der Waals surface area contributed by atoms with E-state index in [0.29, 0.717) is 20.6 Å². The van der Waals surface area contributed by atoms with E-state index < -0.39 is 18.0 Å². The SMILES string of the molecule is C=CCOC(=O)C1=C(C)N=c2s/c(=C/c3ccc(N(C)C)cc3)c(=O)n2C1c1ccc(OC(=O)c2ccco2)cc1. The van der Waals surface area contributed by atoms with Gasteiger partial charge >= 0.3 is 11.9 Å². The predicted molar refractivity (Wildman–Crippen MR) is 156 cm³/mol. The van der Waals surface area contributed by atoms with Gasteiger partial charge in [-0.15, -0.1) is 0 Å². The summed E-state index contributed by atoms with van der Waals surface area (Å²) in [5.41, 5.74) is 2.92. The van der Waals surface area contributed by atoms with Crippen molar-refractivity contribution in [3.63, 3.8) is 0 Å². The molecule has 1 atom stereocenters. The quantitative estimate of drug-likeness (QED) is 0.180. The number of ether oxygens (including phenoxy) is 2. The van der Waals surface area contributed by atoms with Gasteiger partial charge in [0.25, 0.3) is 5.56 Å². The third-order valence-corrected chi connectivity index (χ3v) is 7.39. The number of fused-ring (bicyclic) bond motifs is 1. The Kier molecular flexibility index (Phi) is 7.84. The number of anilines is 1. The van der Waals surface area contributed by atoms with Crippen molar-refractivity contribution in [3.05, 3.63) is 127 Å². The molecule has 9 nitrogen and oxygen atoms in total. The summed E-state index contributed by atoms with van der Waals surface area (Å²) in [6, 6.07) is 16.7. The van der Waals surface area contributed by atoms with Gasteiger partial charge in [-0.3, -0.25) is 9.36 Å². The van der Waals surface area contributed by atoms with Crippen LogP contribution in [0.3, 0.4) is 0 Å². The van der Waals surface area contributed by atoms with Crippen LogP contribution in [-0.4, -0.2) is 37.2 Å². The maximum Gasteiger partial charge on any atom is 0.379 e. The number of furan rings is 1. The van der Waals surface area contributed by atoms with E-state index in [1.165, 1.54) is 34.3 Å². The molecule has 5 rings (SSSR count). The maximum absolute atomic E-state index is 13.8. The Morgan fingerprint density at radius 3 is 2.46 bits per heavy atom. The molecule has 0 radical (unpaired) electrons. The minimum Gasteiger partial charge on any atom is -0.458 e. The van der Waals surface area contributed by atoms with Crippen molar-refractivity contribution in [1.82, 2.24) is 4.57 Å². The van der Waals surface area contributed by atoms with E-state index in [0.717, 1.165) is 11.3 Å². The standard InChI is InChI=1S/C31H27N3O6S/c1-5-16-39-30(37)26-19(2)32-31-34(28(35)25(41-31)18-20-8-12-22(13-9-20)33(3)4)27(26)21-10-14-23(15-11-21)40-29(36)24-7-6-17-38-24/h5-15,17-18,27H,1,16H2,2-4H3/b25-18+. The van der Waals surface area contributed by atoms with Crippen LogP contribution in [0.2, 0.25) is 0 Å². The number of allylic oxidation sites excluding steroid dienone is 1. The molecule has 3 heterocycles. The fourth-order valence-electron chi connectivity index (χ4n) is 4.40. The smallest absolute Gasteiger partial charge is 0.379 e. The molecular weight excluding hydrogens is 542 g/mol. The Hall–Kier alpha value is -4.96. The normalized spacial score (nSPS) is 14.7. The Balaban J connectivity index is 1.57. The summed E-state index contributed by atoms with van der Waals surface area (Å²) in [5.74, 6) is -0.889. The molecule has 41 heavy (non-hydrogen) atoms. The first kappa shape index (κ1) is 27.6. The molecule has 208 valence electrons. The third-order valence-electron chi connectivity index (χ3n) is 6.41. The van der Waals surface area contributed by atoms with E-state index >= 15 is 0 Å². The zero-order valence-electron chi connectivity index (χ0n) is 22.7. The van der Waals surface area contributed by atoms with Crippen LogP contribution in [0.5, 0.6) is 5.75 Å². The first-order chi connectivity index (χ1) is 19.8. The van der Waals surface area contributed by atoms with Gasteiger partial charge in [-0.05, 0) is 60.5 Å². The highest BCUT2D eigenvalue weighted by Crippen LogP contribution is 2.32. The van der Waals surface area contributed by atoms with E-state index in [9.17, 15) is 14.4 Å². The van der Waals surface area contributed by atoms with Gasteiger partial charge in [0.15, 0.2) is 4.80 Å². The highest BCUT2D eigenvalue weighted by Gasteiger charge is 2.33. The number of carbonyl (C=O) groups is 2. The minimum absolute atomic E-state index is 0.0113. The van der Waals surface area contributed by atoms with Crippen molar-refractivity contribution < 1.29 is 23.5 Å². The van der Waals surface area contributed by atoms with Crippen LogP contribution in [0.25, 0.3) is 6.08 Å². The van der Waals surface area contributed by atoms with E-state index in [1.54, 1.807) is 37.3 Å². The van der Waals surface area contributed by atoms with E-state index in [-0.39, 0.29) is 29.2 Å². The molecular formula is C31H27N3O6S. The summed E-state index contributed by atoms with van der Waals surface area (Å²) in [6.45, 7) is 5.34. The van der Waals surface area contributed by atoms with Crippen molar-refractivity contribution in [3.8, 4) is 5.75 Å². The Morgan fingerprint density at radius 2 is 1.83 bits per heavy atom. The predicted octanol–water partition coefficient (Wildman–Crippen LogP) is 3.84. The van der Waals surface area contributed by atoms with E-state index in [1.807, 2.05) is 49.3 Å². The Morgan fingerprint density at radius 1 is 1.10 bits per heavy atom. The van der Waals surface area contributed by atoms with Crippen LogP contribution >= 0.6 is 11.3 Å². The monoisotopic (exact) mass is 569 g/mol. The van der Waals surface area contributed by atoms with Crippen molar-refractivity contribution in [1.29, 1.82) is 0 Å². The fourth-order valence-corrected chi connectivity index (χ4v) is 5.45. The molecule has 0 amide bonds. The lowest BCUT2D eigenvalue weighted by Gasteiger charge is -2.24. The summed E-state index contributed by atoms with van der Waals surface area (Å²) in [4.78, 5) is 46.4. The highest BCUT2D eigenvalue weighted by atomic mass is 32.1. The Labute approximate surface area is 239 Å². The average Bonchev–Trinajstić information content (AvgIpc) is 3.60. The number of carbonyl (C=O) groups excluding carboxylic acids is 2. The molecule has 1 aliphatic heterocycles. The number of hydrogen-bond acceptors (Lipinski definition) is 9. The average molecular weight is 570 g/mol. The lowest BCUT2D eigenvalue weighted by molar-refractivity contribution is -0.138. The van der Waals surface area contributed by atoms with Gasteiger partial charge in [-0.25, -0.2) is 14.6 Å². The molecule has 10 heteroatoms. The second kappa shape index (κ2) is 11.6. The molecule has 0 aliphatic carbocycles. The lowest BCUT2D eigenvalue weighted by Crippen LogP contribution is -2.39. The van der Waals surface area contributed by atoms with E-state index in [4.69, 9.17) is 13.9 Å². The zero-order chi connectivity index (χ0) is 29.1. The van der Waals surface area contributed by atoms with Gasteiger partial charge in [0.05, 0.1) is 28.1 Å². The summed E-state index contributed by atoms with van der Waals surface area (Å²) >= 11 is 1.25. The van der Waals surface area contributed by atoms with Gasteiger partial charge < -0.3 is 18.8 Å². The highest BCUT2D eigenvalue weighted by molar-refractivity contribution is 7.07. The van der Waals surface area contributed by atoms with Crippen molar-refractivity contribution in [2.75, 3.05) is 25.6 Å². The minimum atomic E-state index is -0.809. The van der Waals surface area contributed by atoms with Crippen molar-refractivity contribution in [2.24, 2.45) is 4.99 Å². The number of hydrogen-bond donors (Lipinski definition) is 0. The van der Waals surface area contributed by atoms with Crippen molar-refractivity contribution >= 4 is 35.0 Å². The molecule has 0 fully saturated rings. The number of aromatic nitrogens is 1. The first-order valence-electron chi connectivity index (χ1n) is 12.7. The molecule has 2 aromatic carbocycles. The number of thiazole rings is 1. The molecule has 0 saturated carbocycles. The summed E-state index contributed by atoms with van der Waals surface area (Å²) in [6.07, 6.45) is 4.67. The van der Waals surface area contributed by atoms with Gasteiger partial charge in [0.1, 0.15) is 12.4 Å². The second-order valence-electron chi connectivity index (χ2n) is 9.39. The van der Waals surface area contributed by atoms with Crippen LogP contribution in [-0.2, 0) is 9.53 Å². The molecule has 0 N–H and O–H groups in total.